The van der Waals surface area contributed by atoms with Crippen molar-refractivity contribution < 1.29 is 19.0 Å². The summed E-state index contributed by atoms with van der Waals surface area (Å²) in [4.78, 5) is 17.3. The molecule has 0 atom stereocenters. The standard InChI is InChI=1S/C24H29NO4/c1-3-6-28-20-5-4-15(11-21(20)27-2)10-19-22(26)29-23(25-19)24-12-16-7-17(13-24)9-18(8-16)14-24/h4-5,10-11,16-18H,3,6-9,12-14H2,1-2H3/b19-10-. The lowest BCUT2D eigenvalue weighted by molar-refractivity contribution is -0.131. The summed E-state index contributed by atoms with van der Waals surface area (Å²) in [5, 5.41) is 0. The molecule has 0 N–H and O–H groups in total. The summed E-state index contributed by atoms with van der Waals surface area (Å²) < 4.78 is 16.9. The number of cyclic esters (lactones) is 1. The number of rotatable bonds is 6. The Balaban J connectivity index is 1.41. The van der Waals surface area contributed by atoms with Crippen molar-refractivity contribution >= 4 is 17.9 Å². The molecule has 0 radical (unpaired) electrons. The Bertz CT molecular complexity index is 850. The third-order valence-corrected chi connectivity index (χ3v) is 7.07. The molecule has 4 saturated carbocycles. The maximum absolute atomic E-state index is 12.6. The van der Waals surface area contributed by atoms with Gasteiger partial charge in [0.1, 0.15) is 0 Å². The second-order valence-corrected chi connectivity index (χ2v) is 9.29. The number of hydrogen-bond donors (Lipinski definition) is 0. The van der Waals surface area contributed by atoms with Crippen LogP contribution in [0.15, 0.2) is 28.9 Å². The van der Waals surface area contributed by atoms with Gasteiger partial charge in [-0.1, -0.05) is 13.0 Å². The van der Waals surface area contributed by atoms with E-state index in [0.717, 1.165) is 49.0 Å². The van der Waals surface area contributed by atoms with Crippen LogP contribution in [-0.4, -0.2) is 25.6 Å². The third-order valence-electron chi connectivity index (χ3n) is 7.07. The lowest BCUT2D eigenvalue weighted by atomic mass is 9.49. The molecule has 4 bridgehead atoms. The number of carbonyl (C=O) groups is 1. The number of hydrogen-bond acceptors (Lipinski definition) is 5. The molecule has 1 heterocycles. The Morgan fingerprint density at radius 1 is 1.14 bits per heavy atom. The van der Waals surface area contributed by atoms with E-state index in [1.807, 2.05) is 18.2 Å². The fourth-order valence-corrected chi connectivity index (χ4v) is 6.27. The fraction of sp³-hybridized carbons (Fsp3) is 0.583. The average Bonchev–Trinajstić information content (AvgIpc) is 3.07. The molecule has 0 amide bonds. The largest absolute Gasteiger partial charge is 0.493 e. The summed E-state index contributed by atoms with van der Waals surface area (Å²) in [5.41, 5.74) is 1.24. The Morgan fingerprint density at radius 3 is 2.45 bits per heavy atom. The van der Waals surface area contributed by atoms with Crippen LogP contribution in [0.25, 0.3) is 6.08 Å². The van der Waals surface area contributed by atoms with Crippen LogP contribution in [0.1, 0.15) is 57.4 Å². The molecule has 0 unspecified atom stereocenters. The molecule has 154 valence electrons. The Kier molecular flexibility index (Phi) is 4.64. The van der Waals surface area contributed by atoms with Gasteiger partial charge in [0, 0.05) is 5.41 Å². The molecule has 5 heteroatoms. The number of ether oxygens (including phenoxy) is 3. The van der Waals surface area contributed by atoms with Crippen LogP contribution in [0.3, 0.4) is 0 Å². The number of benzene rings is 1. The zero-order valence-corrected chi connectivity index (χ0v) is 17.3. The highest BCUT2D eigenvalue weighted by atomic mass is 16.6. The lowest BCUT2D eigenvalue weighted by Gasteiger charge is -2.55. The van der Waals surface area contributed by atoms with Gasteiger partial charge in [0.2, 0.25) is 5.90 Å². The minimum atomic E-state index is -0.332. The van der Waals surface area contributed by atoms with Gasteiger partial charge in [-0.3, -0.25) is 0 Å². The van der Waals surface area contributed by atoms with Crippen molar-refractivity contribution in [3.63, 3.8) is 0 Å². The van der Waals surface area contributed by atoms with Gasteiger partial charge >= 0.3 is 5.97 Å². The quantitative estimate of drug-likeness (QED) is 0.503. The van der Waals surface area contributed by atoms with Crippen LogP contribution in [0, 0.1) is 23.2 Å². The molecule has 4 fully saturated rings. The number of carbonyl (C=O) groups excluding carboxylic acids is 1. The monoisotopic (exact) mass is 395 g/mol. The molecule has 6 rings (SSSR count). The Hall–Kier alpha value is -2.30. The molecular weight excluding hydrogens is 366 g/mol. The number of esters is 1. The van der Waals surface area contributed by atoms with Crippen molar-refractivity contribution in [1.29, 1.82) is 0 Å². The van der Waals surface area contributed by atoms with E-state index in [2.05, 4.69) is 6.92 Å². The van der Waals surface area contributed by atoms with Crippen molar-refractivity contribution in [1.82, 2.24) is 0 Å². The Labute approximate surface area is 172 Å². The molecule has 5 aliphatic rings. The minimum Gasteiger partial charge on any atom is -0.493 e. The van der Waals surface area contributed by atoms with E-state index in [1.54, 1.807) is 13.2 Å². The highest BCUT2D eigenvalue weighted by molar-refractivity contribution is 6.09. The first-order valence-electron chi connectivity index (χ1n) is 10.9. The molecule has 4 aliphatic carbocycles. The fourth-order valence-electron chi connectivity index (χ4n) is 6.27. The van der Waals surface area contributed by atoms with Gasteiger partial charge in [0.15, 0.2) is 17.2 Å². The van der Waals surface area contributed by atoms with Crippen LogP contribution >= 0.6 is 0 Å². The summed E-state index contributed by atoms with van der Waals surface area (Å²) in [5.74, 6) is 4.08. The van der Waals surface area contributed by atoms with Crippen molar-refractivity contribution in [3.05, 3.63) is 29.5 Å². The smallest absolute Gasteiger partial charge is 0.363 e. The molecular formula is C24H29NO4. The molecule has 29 heavy (non-hydrogen) atoms. The maximum atomic E-state index is 12.6. The molecule has 1 aromatic rings. The molecule has 0 aromatic heterocycles. The predicted molar refractivity (Wildman–Crippen MR) is 111 cm³/mol. The van der Waals surface area contributed by atoms with E-state index in [-0.39, 0.29) is 11.4 Å². The summed E-state index contributed by atoms with van der Waals surface area (Å²) in [7, 11) is 1.62. The van der Waals surface area contributed by atoms with Gasteiger partial charge in [-0.25, -0.2) is 9.79 Å². The Morgan fingerprint density at radius 2 is 1.83 bits per heavy atom. The maximum Gasteiger partial charge on any atom is 0.363 e. The number of nitrogens with zero attached hydrogens (tertiary/aromatic N) is 1. The first-order valence-corrected chi connectivity index (χ1v) is 10.9. The summed E-state index contributed by atoms with van der Waals surface area (Å²) >= 11 is 0. The summed E-state index contributed by atoms with van der Waals surface area (Å²) in [6.45, 7) is 2.71. The average molecular weight is 395 g/mol. The van der Waals surface area contributed by atoms with E-state index < -0.39 is 0 Å². The normalized spacial score (nSPS) is 33.7. The van der Waals surface area contributed by atoms with Crippen molar-refractivity contribution in [2.24, 2.45) is 28.2 Å². The van der Waals surface area contributed by atoms with E-state index in [4.69, 9.17) is 19.2 Å². The van der Waals surface area contributed by atoms with Gasteiger partial charge in [0.05, 0.1) is 13.7 Å². The van der Waals surface area contributed by atoms with Gasteiger partial charge < -0.3 is 14.2 Å². The molecule has 0 spiro atoms. The molecule has 5 nitrogen and oxygen atoms in total. The number of methoxy groups -OCH3 is 1. The second-order valence-electron chi connectivity index (χ2n) is 9.29. The number of aliphatic imine (C=N–C) groups is 1. The predicted octanol–water partition coefficient (Wildman–Crippen LogP) is 5.00. The lowest BCUT2D eigenvalue weighted by Crippen LogP contribution is -2.50. The first kappa shape index (κ1) is 18.7. The van der Waals surface area contributed by atoms with E-state index in [1.165, 1.54) is 19.3 Å². The zero-order chi connectivity index (χ0) is 20.0. The molecule has 0 saturated heterocycles. The van der Waals surface area contributed by atoms with Crippen molar-refractivity contribution in [2.45, 2.75) is 51.9 Å². The van der Waals surface area contributed by atoms with E-state index in [0.29, 0.717) is 29.7 Å². The second kappa shape index (κ2) is 7.19. The van der Waals surface area contributed by atoms with Gasteiger partial charge in [-0.2, -0.15) is 0 Å². The van der Waals surface area contributed by atoms with Crippen LogP contribution in [-0.2, 0) is 9.53 Å². The van der Waals surface area contributed by atoms with Crippen LogP contribution in [0.5, 0.6) is 11.5 Å². The van der Waals surface area contributed by atoms with Gasteiger partial charge in [-0.05, 0) is 86.5 Å². The molecule has 1 aromatic carbocycles. The summed E-state index contributed by atoms with van der Waals surface area (Å²) in [6, 6.07) is 5.68. The zero-order valence-electron chi connectivity index (χ0n) is 17.3. The topological polar surface area (TPSA) is 57.1 Å². The summed E-state index contributed by atoms with van der Waals surface area (Å²) in [6.07, 6.45) is 10.2. The van der Waals surface area contributed by atoms with Crippen LogP contribution in [0.2, 0.25) is 0 Å². The molecule has 1 aliphatic heterocycles. The van der Waals surface area contributed by atoms with E-state index >= 15 is 0 Å². The van der Waals surface area contributed by atoms with Gasteiger partial charge in [0.25, 0.3) is 0 Å². The first-order chi connectivity index (χ1) is 14.1. The SMILES string of the molecule is CCCOc1ccc(/C=C2\N=C(C34CC5CC(CC(C5)C3)C4)OC2=O)cc1OC. The van der Waals surface area contributed by atoms with Crippen LogP contribution < -0.4 is 9.47 Å². The van der Waals surface area contributed by atoms with E-state index in [9.17, 15) is 4.79 Å². The third kappa shape index (κ3) is 3.34. The van der Waals surface area contributed by atoms with Gasteiger partial charge in [-0.15, -0.1) is 0 Å². The van der Waals surface area contributed by atoms with Crippen molar-refractivity contribution in [3.8, 4) is 11.5 Å². The van der Waals surface area contributed by atoms with Crippen LogP contribution in [0.4, 0.5) is 0 Å². The highest BCUT2D eigenvalue weighted by Crippen LogP contribution is 2.61. The van der Waals surface area contributed by atoms with Crippen molar-refractivity contribution in [2.75, 3.05) is 13.7 Å². The minimum absolute atomic E-state index is 0.00442. The highest BCUT2D eigenvalue weighted by Gasteiger charge is 2.55.